The average molecular weight is 424 g/mol. The van der Waals surface area contributed by atoms with Gasteiger partial charge in [0.2, 0.25) is 0 Å². The van der Waals surface area contributed by atoms with Gasteiger partial charge in [0, 0.05) is 18.3 Å². The van der Waals surface area contributed by atoms with Crippen molar-refractivity contribution in [2.24, 2.45) is 0 Å². The number of carbonyl (C=O) groups is 1. The Bertz CT molecular complexity index is 1020. The van der Waals surface area contributed by atoms with E-state index in [-0.39, 0.29) is 30.1 Å². The van der Waals surface area contributed by atoms with Crippen LogP contribution >= 0.6 is 11.3 Å². The molecule has 2 aromatic heterocycles. The first kappa shape index (κ1) is 20.4. The fraction of sp³-hybridized carbons (Fsp3) is 0.167. The number of amides is 2. The molecule has 2 N–H and O–H groups in total. The SMILES string of the molecule is O=C(NCCn1nc(-c2cccs2)ccc1=O)Nc1ccc(OC(F)(F)F)cc1. The molecule has 0 saturated heterocycles. The molecule has 0 atom stereocenters. The lowest BCUT2D eigenvalue weighted by Gasteiger charge is -2.11. The number of urea groups is 1. The number of hydrogen-bond acceptors (Lipinski definition) is 5. The van der Waals surface area contributed by atoms with Crippen molar-refractivity contribution in [2.75, 3.05) is 11.9 Å². The highest BCUT2D eigenvalue weighted by atomic mass is 32.1. The van der Waals surface area contributed by atoms with Crippen molar-refractivity contribution >= 4 is 23.1 Å². The van der Waals surface area contributed by atoms with Crippen LogP contribution < -0.4 is 20.9 Å². The normalized spacial score (nSPS) is 11.1. The highest BCUT2D eigenvalue weighted by molar-refractivity contribution is 7.13. The van der Waals surface area contributed by atoms with Gasteiger partial charge in [0.05, 0.1) is 11.4 Å². The highest BCUT2D eigenvalue weighted by Gasteiger charge is 2.30. The van der Waals surface area contributed by atoms with Gasteiger partial charge >= 0.3 is 12.4 Å². The summed E-state index contributed by atoms with van der Waals surface area (Å²) >= 11 is 1.50. The van der Waals surface area contributed by atoms with Gasteiger partial charge in [-0.05, 0) is 41.8 Å². The van der Waals surface area contributed by atoms with Gasteiger partial charge in [-0.2, -0.15) is 5.10 Å². The number of carbonyl (C=O) groups excluding carboxylic acids is 1. The third-order valence-electron chi connectivity index (χ3n) is 3.60. The van der Waals surface area contributed by atoms with Crippen LogP contribution in [-0.2, 0) is 6.54 Å². The number of nitrogens with one attached hydrogen (secondary N) is 2. The predicted molar refractivity (Wildman–Crippen MR) is 102 cm³/mol. The summed E-state index contributed by atoms with van der Waals surface area (Å²) in [7, 11) is 0. The van der Waals surface area contributed by atoms with Gasteiger partial charge in [-0.25, -0.2) is 9.48 Å². The molecule has 0 unspecified atom stereocenters. The molecule has 0 bridgehead atoms. The van der Waals surface area contributed by atoms with Crippen molar-refractivity contribution in [2.45, 2.75) is 12.9 Å². The summed E-state index contributed by atoms with van der Waals surface area (Å²) in [6, 6.07) is 11.0. The van der Waals surface area contributed by atoms with Crippen LogP contribution in [0.4, 0.5) is 23.7 Å². The molecule has 0 radical (unpaired) electrons. The van der Waals surface area contributed by atoms with Crippen molar-refractivity contribution in [3.05, 3.63) is 64.3 Å². The topological polar surface area (TPSA) is 85.2 Å². The van der Waals surface area contributed by atoms with Crippen LogP contribution in [0.1, 0.15) is 0 Å². The van der Waals surface area contributed by atoms with Gasteiger partial charge in [0.1, 0.15) is 11.4 Å². The molecule has 3 aromatic rings. The number of thiophene rings is 1. The van der Waals surface area contributed by atoms with Gasteiger partial charge in [-0.1, -0.05) is 6.07 Å². The van der Waals surface area contributed by atoms with Crippen molar-refractivity contribution in [3.63, 3.8) is 0 Å². The van der Waals surface area contributed by atoms with Gasteiger partial charge in [-0.15, -0.1) is 24.5 Å². The number of nitrogens with zero attached hydrogens (tertiary/aromatic N) is 2. The summed E-state index contributed by atoms with van der Waals surface area (Å²) < 4.78 is 41.4. The van der Waals surface area contributed by atoms with E-state index in [1.807, 2.05) is 17.5 Å². The van der Waals surface area contributed by atoms with Crippen molar-refractivity contribution < 1.29 is 22.7 Å². The number of anilines is 1. The van der Waals surface area contributed by atoms with Crippen LogP contribution in [0.5, 0.6) is 5.75 Å². The first-order valence-corrected chi connectivity index (χ1v) is 9.21. The van der Waals surface area contributed by atoms with Crippen LogP contribution in [0.3, 0.4) is 0 Å². The average Bonchev–Trinajstić information content (AvgIpc) is 3.18. The lowest BCUT2D eigenvalue weighted by molar-refractivity contribution is -0.274. The summed E-state index contributed by atoms with van der Waals surface area (Å²) in [5.74, 6) is -0.389. The van der Waals surface area contributed by atoms with E-state index in [2.05, 4.69) is 20.5 Å². The van der Waals surface area contributed by atoms with E-state index in [9.17, 15) is 22.8 Å². The highest BCUT2D eigenvalue weighted by Crippen LogP contribution is 2.24. The van der Waals surface area contributed by atoms with E-state index in [0.29, 0.717) is 5.69 Å². The van der Waals surface area contributed by atoms with Crippen molar-refractivity contribution in [3.8, 4) is 16.3 Å². The summed E-state index contributed by atoms with van der Waals surface area (Å²) in [5.41, 5.74) is 0.644. The molecular formula is C18H15F3N4O3S. The van der Waals surface area contributed by atoms with Gasteiger partial charge in [-0.3, -0.25) is 4.79 Å². The lowest BCUT2D eigenvalue weighted by Crippen LogP contribution is -2.34. The standard InChI is InChI=1S/C18H15F3N4O3S/c19-18(20,21)28-13-5-3-12(4-6-13)23-17(27)22-9-10-25-16(26)8-7-14(24-25)15-2-1-11-29-15/h1-8,11H,9-10H2,(H2,22,23,27). The van der Waals surface area contributed by atoms with Crippen LogP contribution in [0.25, 0.3) is 10.6 Å². The Kier molecular flexibility index (Phi) is 6.17. The molecule has 0 fully saturated rings. The molecule has 0 aliphatic rings. The van der Waals surface area contributed by atoms with Crippen molar-refractivity contribution in [1.82, 2.24) is 15.1 Å². The fourth-order valence-corrected chi connectivity index (χ4v) is 3.05. The number of rotatable bonds is 6. The molecule has 1 aromatic carbocycles. The summed E-state index contributed by atoms with van der Waals surface area (Å²) in [6.45, 7) is 0.283. The predicted octanol–water partition coefficient (Wildman–Crippen LogP) is 3.69. The number of ether oxygens (including phenoxy) is 1. The third kappa shape index (κ3) is 6.07. The molecule has 7 nitrogen and oxygen atoms in total. The lowest BCUT2D eigenvalue weighted by atomic mass is 10.3. The molecule has 2 heterocycles. The van der Waals surface area contributed by atoms with E-state index in [1.54, 1.807) is 6.07 Å². The molecule has 11 heteroatoms. The largest absolute Gasteiger partial charge is 0.573 e. The molecule has 0 spiro atoms. The van der Waals surface area contributed by atoms with E-state index in [1.165, 1.54) is 34.2 Å². The molecule has 2 amide bonds. The van der Waals surface area contributed by atoms with E-state index < -0.39 is 12.4 Å². The Morgan fingerprint density at radius 1 is 1.14 bits per heavy atom. The Hall–Kier alpha value is -3.34. The maximum Gasteiger partial charge on any atom is 0.573 e. The Morgan fingerprint density at radius 2 is 1.90 bits per heavy atom. The van der Waals surface area contributed by atoms with Crippen LogP contribution in [0.2, 0.25) is 0 Å². The van der Waals surface area contributed by atoms with Crippen LogP contribution in [0, 0.1) is 0 Å². The second kappa shape index (κ2) is 8.78. The number of hydrogen-bond donors (Lipinski definition) is 2. The van der Waals surface area contributed by atoms with Gasteiger partial charge in [0.15, 0.2) is 0 Å². The molecule has 3 rings (SSSR count). The van der Waals surface area contributed by atoms with E-state index in [0.717, 1.165) is 17.0 Å². The molecule has 152 valence electrons. The first-order valence-electron chi connectivity index (χ1n) is 8.33. The minimum atomic E-state index is -4.78. The van der Waals surface area contributed by atoms with Gasteiger partial charge < -0.3 is 15.4 Å². The molecule has 0 saturated carbocycles. The number of halogens is 3. The number of alkyl halides is 3. The monoisotopic (exact) mass is 424 g/mol. The minimum Gasteiger partial charge on any atom is -0.406 e. The minimum absolute atomic E-state index is 0.127. The van der Waals surface area contributed by atoms with E-state index >= 15 is 0 Å². The van der Waals surface area contributed by atoms with Crippen LogP contribution in [-0.4, -0.2) is 28.7 Å². The summed E-state index contributed by atoms with van der Waals surface area (Å²) in [6.07, 6.45) is -4.78. The fourth-order valence-electron chi connectivity index (χ4n) is 2.36. The number of benzene rings is 1. The zero-order valence-corrected chi connectivity index (χ0v) is 15.6. The summed E-state index contributed by atoms with van der Waals surface area (Å²) in [5, 5.41) is 11.2. The first-order chi connectivity index (χ1) is 13.8. The zero-order chi connectivity index (χ0) is 20.9. The smallest absolute Gasteiger partial charge is 0.406 e. The molecule has 0 aliphatic heterocycles. The molecular weight excluding hydrogens is 409 g/mol. The van der Waals surface area contributed by atoms with Crippen molar-refractivity contribution in [1.29, 1.82) is 0 Å². The molecule has 29 heavy (non-hydrogen) atoms. The molecule has 0 aliphatic carbocycles. The van der Waals surface area contributed by atoms with E-state index in [4.69, 9.17) is 0 Å². The second-order valence-corrected chi connectivity index (χ2v) is 6.66. The third-order valence-corrected chi connectivity index (χ3v) is 4.49. The number of aromatic nitrogens is 2. The Morgan fingerprint density at radius 3 is 2.55 bits per heavy atom. The van der Waals surface area contributed by atoms with Crippen LogP contribution in [0.15, 0.2) is 58.7 Å². The Balaban J connectivity index is 1.51. The quantitative estimate of drug-likeness (QED) is 0.632. The second-order valence-electron chi connectivity index (χ2n) is 5.71. The van der Waals surface area contributed by atoms with Gasteiger partial charge in [0.25, 0.3) is 5.56 Å². The maximum atomic E-state index is 12.1. The summed E-state index contributed by atoms with van der Waals surface area (Å²) in [4.78, 5) is 24.8. The Labute approximate surface area is 166 Å². The zero-order valence-electron chi connectivity index (χ0n) is 14.8. The maximum absolute atomic E-state index is 12.1.